The van der Waals surface area contributed by atoms with E-state index in [0.29, 0.717) is 6.42 Å². The van der Waals surface area contributed by atoms with Crippen LogP contribution in [0.15, 0.2) is 72.9 Å². The number of ether oxygens (including phenoxy) is 2. The van der Waals surface area contributed by atoms with Gasteiger partial charge in [0.2, 0.25) is 5.91 Å². The van der Waals surface area contributed by atoms with Crippen LogP contribution in [0, 0.1) is 0 Å². The molecule has 9 nitrogen and oxygen atoms in total. The van der Waals surface area contributed by atoms with Gasteiger partial charge >= 0.3 is 0 Å². The quantitative estimate of drug-likeness (QED) is 0.0527. The van der Waals surface area contributed by atoms with E-state index in [9.17, 15) is 30.3 Å². The van der Waals surface area contributed by atoms with Crippen molar-refractivity contribution in [1.82, 2.24) is 5.32 Å². The Kier molecular flexibility index (Phi) is 26.0. The van der Waals surface area contributed by atoms with Gasteiger partial charge in [0.1, 0.15) is 24.4 Å². The highest BCUT2D eigenvalue weighted by Crippen LogP contribution is 2.22. The van der Waals surface area contributed by atoms with Gasteiger partial charge in [0.05, 0.1) is 25.4 Å². The van der Waals surface area contributed by atoms with Crippen molar-refractivity contribution in [2.45, 2.75) is 147 Å². The molecule has 1 aliphatic rings. The molecule has 0 spiro atoms. The lowest BCUT2D eigenvalue weighted by molar-refractivity contribution is -0.302. The first-order valence-corrected chi connectivity index (χ1v) is 17.7. The second kappa shape index (κ2) is 28.6. The monoisotopic (exact) mass is 661 g/mol. The minimum Gasteiger partial charge on any atom is -0.394 e. The molecule has 0 saturated carbocycles. The number of hydrogen-bond acceptors (Lipinski definition) is 8. The van der Waals surface area contributed by atoms with Crippen LogP contribution in [0.4, 0.5) is 0 Å². The summed E-state index contributed by atoms with van der Waals surface area (Å²) >= 11 is 0. The lowest BCUT2D eigenvalue weighted by Crippen LogP contribution is -2.60. The van der Waals surface area contributed by atoms with E-state index >= 15 is 0 Å². The number of carbonyl (C=O) groups excluding carboxylic acids is 1. The second-order valence-corrected chi connectivity index (χ2v) is 11.9. The summed E-state index contributed by atoms with van der Waals surface area (Å²) < 4.78 is 11.1. The van der Waals surface area contributed by atoms with Gasteiger partial charge < -0.3 is 40.3 Å². The van der Waals surface area contributed by atoms with Crippen molar-refractivity contribution < 1.29 is 39.8 Å². The van der Waals surface area contributed by atoms with Crippen molar-refractivity contribution in [2.24, 2.45) is 0 Å². The standard InChI is InChI=1S/C38H63NO8/c1-3-5-7-9-11-12-13-14-15-16-17-18-19-20-22-24-26-28-34(42)39-31(32(41)27-25-23-21-10-8-6-4-2)30-46-38-37(45)36(44)35(43)33(29-40)47-38/h5,7-8,10-12,14-15,17-18,25,27,31-33,35-38,40-41,43-45H,3-4,6,9,13,16,19-24,26,28-30H2,1-2H3,(H,39,42)/b7-5-,10-8+,12-11-,15-14-,18-17-,27-25+. The van der Waals surface area contributed by atoms with E-state index in [1.807, 2.05) is 6.08 Å². The fourth-order valence-electron chi connectivity index (χ4n) is 4.87. The van der Waals surface area contributed by atoms with Crippen molar-refractivity contribution in [3.8, 4) is 0 Å². The number of carbonyl (C=O) groups is 1. The molecular formula is C38H63NO8. The fraction of sp³-hybridized carbons (Fsp3) is 0.658. The molecule has 7 atom stereocenters. The molecule has 1 rings (SSSR count). The normalized spacial score (nSPS) is 23.8. The van der Waals surface area contributed by atoms with Crippen LogP contribution >= 0.6 is 0 Å². The Labute approximate surface area is 283 Å². The van der Waals surface area contributed by atoms with Gasteiger partial charge in [-0.15, -0.1) is 0 Å². The van der Waals surface area contributed by atoms with Crippen LogP contribution in [0.3, 0.4) is 0 Å². The third kappa shape index (κ3) is 20.6. The van der Waals surface area contributed by atoms with Gasteiger partial charge in [-0.1, -0.05) is 106 Å². The number of unbranched alkanes of at least 4 members (excludes halogenated alkanes) is 6. The summed E-state index contributed by atoms with van der Waals surface area (Å²) in [7, 11) is 0. The first kappa shape index (κ1) is 42.7. The molecule has 0 aromatic carbocycles. The zero-order valence-electron chi connectivity index (χ0n) is 28.7. The van der Waals surface area contributed by atoms with E-state index in [1.165, 1.54) is 0 Å². The number of aliphatic hydroxyl groups excluding tert-OH is 5. The fourth-order valence-corrected chi connectivity index (χ4v) is 4.87. The first-order chi connectivity index (χ1) is 22.8. The van der Waals surface area contributed by atoms with E-state index in [1.54, 1.807) is 6.08 Å². The summed E-state index contributed by atoms with van der Waals surface area (Å²) in [5.41, 5.74) is 0. The van der Waals surface area contributed by atoms with Crippen LogP contribution in [0.25, 0.3) is 0 Å². The average Bonchev–Trinajstić information content (AvgIpc) is 3.07. The largest absolute Gasteiger partial charge is 0.394 e. The smallest absolute Gasteiger partial charge is 0.220 e. The molecule has 0 bridgehead atoms. The summed E-state index contributed by atoms with van der Waals surface area (Å²) in [5, 5.41) is 53.5. The first-order valence-electron chi connectivity index (χ1n) is 17.7. The Morgan fingerprint density at radius 3 is 2.00 bits per heavy atom. The molecule has 0 aliphatic carbocycles. The molecule has 7 unspecified atom stereocenters. The molecule has 1 fully saturated rings. The molecule has 6 N–H and O–H groups in total. The van der Waals surface area contributed by atoms with Gasteiger partial charge in [0, 0.05) is 6.42 Å². The molecule has 1 saturated heterocycles. The molecule has 47 heavy (non-hydrogen) atoms. The molecule has 268 valence electrons. The third-order valence-corrected chi connectivity index (χ3v) is 7.75. The van der Waals surface area contributed by atoms with Crippen molar-refractivity contribution in [3.05, 3.63) is 72.9 Å². The van der Waals surface area contributed by atoms with E-state index < -0.39 is 49.5 Å². The average molecular weight is 662 g/mol. The van der Waals surface area contributed by atoms with Crippen LogP contribution in [0.2, 0.25) is 0 Å². The number of nitrogens with one attached hydrogen (secondary N) is 1. The van der Waals surface area contributed by atoms with Crippen molar-refractivity contribution in [1.29, 1.82) is 0 Å². The van der Waals surface area contributed by atoms with Gasteiger partial charge in [0.25, 0.3) is 0 Å². The van der Waals surface area contributed by atoms with E-state index in [-0.39, 0.29) is 12.5 Å². The third-order valence-electron chi connectivity index (χ3n) is 7.75. The van der Waals surface area contributed by atoms with Gasteiger partial charge in [-0.25, -0.2) is 0 Å². The number of hydrogen-bond donors (Lipinski definition) is 6. The Bertz CT molecular complexity index is 957. The van der Waals surface area contributed by atoms with Gasteiger partial charge in [-0.3, -0.25) is 4.79 Å². The molecule has 1 amide bonds. The Hall–Kier alpha value is -2.37. The maximum atomic E-state index is 12.8. The second-order valence-electron chi connectivity index (χ2n) is 11.9. The maximum absolute atomic E-state index is 12.8. The molecule has 0 radical (unpaired) electrons. The lowest BCUT2D eigenvalue weighted by Gasteiger charge is -2.40. The zero-order chi connectivity index (χ0) is 34.5. The minimum absolute atomic E-state index is 0.217. The predicted octanol–water partition coefficient (Wildman–Crippen LogP) is 5.49. The molecule has 0 aromatic heterocycles. The van der Waals surface area contributed by atoms with Crippen LogP contribution < -0.4 is 5.32 Å². The predicted molar refractivity (Wildman–Crippen MR) is 188 cm³/mol. The van der Waals surface area contributed by atoms with Crippen LogP contribution in [0.5, 0.6) is 0 Å². The van der Waals surface area contributed by atoms with E-state index in [2.05, 4.69) is 79.9 Å². The zero-order valence-corrected chi connectivity index (χ0v) is 28.7. The topological polar surface area (TPSA) is 149 Å². The summed E-state index contributed by atoms with van der Waals surface area (Å²) in [6, 6.07) is -0.833. The number of allylic oxidation sites excluding steroid dienone is 11. The molecular weight excluding hydrogens is 598 g/mol. The summed E-state index contributed by atoms with van der Waals surface area (Å²) in [6.45, 7) is 3.46. The molecule has 9 heteroatoms. The van der Waals surface area contributed by atoms with E-state index in [4.69, 9.17) is 9.47 Å². The Balaban J connectivity index is 2.45. The van der Waals surface area contributed by atoms with Crippen LogP contribution in [0.1, 0.15) is 104 Å². The highest BCUT2D eigenvalue weighted by Gasteiger charge is 2.44. The van der Waals surface area contributed by atoms with Crippen molar-refractivity contribution in [3.63, 3.8) is 0 Å². The van der Waals surface area contributed by atoms with Gasteiger partial charge in [-0.2, -0.15) is 0 Å². The van der Waals surface area contributed by atoms with E-state index in [0.717, 1.165) is 83.5 Å². The molecule has 1 aliphatic heterocycles. The van der Waals surface area contributed by atoms with Crippen LogP contribution in [-0.4, -0.2) is 87.5 Å². The van der Waals surface area contributed by atoms with Crippen molar-refractivity contribution in [2.75, 3.05) is 13.2 Å². The molecule has 1 heterocycles. The Morgan fingerprint density at radius 1 is 0.745 bits per heavy atom. The maximum Gasteiger partial charge on any atom is 0.220 e. The SMILES string of the molecule is CC/C=C\C/C=C\C/C=C\C/C=C\CCCCCCC(=O)NC(COC1OC(CO)C(O)C(O)C1O)C(O)/C=C/CC/C=C/CCC. The summed E-state index contributed by atoms with van der Waals surface area (Å²) in [4.78, 5) is 12.8. The summed E-state index contributed by atoms with van der Waals surface area (Å²) in [6.07, 6.45) is 29.7. The lowest BCUT2D eigenvalue weighted by atomic mass is 9.99. The summed E-state index contributed by atoms with van der Waals surface area (Å²) in [5.74, 6) is -0.221. The minimum atomic E-state index is -1.58. The highest BCUT2D eigenvalue weighted by molar-refractivity contribution is 5.76. The van der Waals surface area contributed by atoms with Crippen molar-refractivity contribution >= 4 is 5.91 Å². The van der Waals surface area contributed by atoms with Gasteiger partial charge in [0.15, 0.2) is 6.29 Å². The number of aliphatic hydroxyl groups is 5. The number of rotatable bonds is 26. The highest BCUT2D eigenvalue weighted by atomic mass is 16.7. The Morgan fingerprint density at radius 2 is 1.34 bits per heavy atom. The van der Waals surface area contributed by atoms with Crippen LogP contribution in [-0.2, 0) is 14.3 Å². The molecule has 0 aromatic rings. The van der Waals surface area contributed by atoms with Gasteiger partial charge in [-0.05, 0) is 64.2 Å². The number of amides is 1.